The van der Waals surface area contributed by atoms with Gasteiger partial charge in [-0.1, -0.05) is 50.3 Å². The molecule has 1 saturated carbocycles. The highest BCUT2D eigenvalue weighted by Crippen LogP contribution is 2.27. The summed E-state index contributed by atoms with van der Waals surface area (Å²) in [6.45, 7) is 0.529. The van der Waals surface area contributed by atoms with E-state index in [1.54, 1.807) is 0 Å². The molecule has 1 fully saturated rings. The summed E-state index contributed by atoms with van der Waals surface area (Å²) in [5.74, 6) is 0.509. The van der Waals surface area contributed by atoms with Gasteiger partial charge in [0.05, 0.1) is 23.9 Å². The topological polar surface area (TPSA) is 55.0 Å². The standard InChI is InChI=1S/C20H22N2O2/c23-20(24-11-10-14-4-2-1-3-5-14)16-8-9-18-15(12-16)6-7-17-13-21-22-19(17)18/h6-9,12-14H,1-5,10-11H2,(H,21,22). The molecule has 0 radical (unpaired) electrons. The fourth-order valence-electron chi connectivity index (χ4n) is 3.75. The molecule has 1 aliphatic rings. The van der Waals surface area contributed by atoms with Gasteiger partial charge in [-0.2, -0.15) is 5.10 Å². The van der Waals surface area contributed by atoms with Crippen LogP contribution in [-0.2, 0) is 4.74 Å². The van der Waals surface area contributed by atoms with E-state index < -0.39 is 0 Å². The van der Waals surface area contributed by atoms with Crippen LogP contribution >= 0.6 is 0 Å². The molecule has 4 heteroatoms. The number of esters is 1. The summed E-state index contributed by atoms with van der Waals surface area (Å²) in [6.07, 6.45) is 9.38. The average molecular weight is 322 g/mol. The molecule has 24 heavy (non-hydrogen) atoms. The number of hydrogen-bond donors (Lipinski definition) is 1. The first-order valence-electron chi connectivity index (χ1n) is 8.84. The van der Waals surface area contributed by atoms with E-state index in [0.29, 0.717) is 12.2 Å². The predicted molar refractivity (Wildman–Crippen MR) is 95.1 cm³/mol. The Morgan fingerprint density at radius 3 is 2.83 bits per heavy atom. The number of aromatic amines is 1. The highest BCUT2D eigenvalue weighted by atomic mass is 16.5. The van der Waals surface area contributed by atoms with E-state index in [-0.39, 0.29) is 5.97 Å². The maximum atomic E-state index is 12.3. The van der Waals surface area contributed by atoms with Crippen molar-refractivity contribution in [1.82, 2.24) is 10.2 Å². The largest absolute Gasteiger partial charge is 0.462 e. The molecule has 0 unspecified atom stereocenters. The predicted octanol–water partition coefficient (Wildman–Crippen LogP) is 4.84. The number of nitrogens with zero attached hydrogens (tertiary/aromatic N) is 1. The molecule has 1 N–H and O–H groups in total. The van der Waals surface area contributed by atoms with Gasteiger partial charge in [-0.15, -0.1) is 0 Å². The van der Waals surface area contributed by atoms with Crippen LogP contribution in [0.2, 0.25) is 0 Å². The zero-order chi connectivity index (χ0) is 16.4. The first-order valence-corrected chi connectivity index (χ1v) is 8.84. The van der Waals surface area contributed by atoms with E-state index in [1.165, 1.54) is 32.1 Å². The highest BCUT2D eigenvalue weighted by molar-refractivity contribution is 6.07. The van der Waals surface area contributed by atoms with E-state index >= 15 is 0 Å². The van der Waals surface area contributed by atoms with Gasteiger partial charge in [0.25, 0.3) is 0 Å². The summed E-state index contributed by atoms with van der Waals surface area (Å²) in [5.41, 5.74) is 1.62. The first kappa shape index (κ1) is 15.2. The lowest BCUT2D eigenvalue weighted by Crippen LogP contribution is -2.12. The van der Waals surface area contributed by atoms with Crippen molar-refractivity contribution in [2.45, 2.75) is 38.5 Å². The summed E-state index contributed by atoms with van der Waals surface area (Å²) in [6, 6.07) is 9.74. The van der Waals surface area contributed by atoms with Gasteiger partial charge >= 0.3 is 5.97 Å². The Kier molecular flexibility index (Phi) is 4.20. The van der Waals surface area contributed by atoms with Gasteiger partial charge in [0.1, 0.15) is 0 Å². The fourth-order valence-corrected chi connectivity index (χ4v) is 3.75. The van der Waals surface area contributed by atoms with Gasteiger partial charge in [0, 0.05) is 10.8 Å². The smallest absolute Gasteiger partial charge is 0.338 e. The maximum Gasteiger partial charge on any atom is 0.338 e. The lowest BCUT2D eigenvalue weighted by molar-refractivity contribution is 0.0475. The molecule has 124 valence electrons. The number of H-pyrrole nitrogens is 1. The minimum absolute atomic E-state index is 0.225. The molecule has 4 nitrogen and oxygen atoms in total. The van der Waals surface area contributed by atoms with Crippen LogP contribution in [0.5, 0.6) is 0 Å². The molecule has 4 rings (SSSR count). The van der Waals surface area contributed by atoms with Crippen LogP contribution < -0.4 is 0 Å². The number of hydrogen-bond acceptors (Lipinski definition) is 3. The molecule has 0 saturated heterocycles. The molecule has 1 aromatic heterocycles. The molecule has 1 heterocycles. The number of carbonyl (C=O) groups is 1. The molecular formula is C20H22N2O2. The quantitative estimate of drug-likeness (QED) is 0.699. The lowest BCUT2D eigenvalue weighted by Gasteiger charge is -2.21. The monoisotopic (exact) mass is 322 g/mol. The number of carbonyl (C=O) groups excluding carboxylic acids is 1. The second-order valence-electron chi connectivity index (χ2n) is 6.76. The van der Waals surface area contributed by atoms with Crippen LogP contribution in [0.15, 0.2) is 36.5 Å². The van der Waals surface area contributed by atoms with Gasteiger partial charge < -0.3 is 4.74 Å². The Hall–Kier alpha value is -2.36. The Labute approximate surface area is 141 Å². The Balaban J connectivity index is 1.44. The van der Waals surface area contributed by atoms with Crippen molar-refractivity contribution in [2.75, 3.05) is 6.61 Å². The number of nitrogens with one attached hydrogen (secondary N) is 1. The van der Waals surface area contributed by atoms with Crippen LogP contribution in [0.25, 0.3) is 21.7 Å². The minimum Gasteiger partial charge on any atom is -0.462 e. The third-order valence-electron chi connectivity index (χ3n) is 5.15. The molecule has 0 aliphatic heterocycles. The maximum absolute atomic E-state index is 12.3. The third kappa shape index (κ3) is 3.01. The van der Waals surface area contributed by atoms with Crippen molar-refractivity contribution in [1.29, 1.82) is 0 Å². The second kappa shape index (κ2) is 6.63. The van der Waals surface area contributed by atoms with E-state index in [2.05, 4.69) is 10.2 Å². The van der Waals surface area contributed by atoms with Crippen molar-refractivity contribution in [3.63, 3.8) is 0 Å². The minimum atomic E-state index is -0.225. The number of benzene rings is 2. The van der Waals surface area contributed by atoms with E-state index in [1.807, 2.05) is 36.5 Å². The van der Waals surface area contributed by atoms with E-state index in [0.717, 1.165) is 34.0 Å². The van der Waals surface area contributed by atoms with Crippen molar-refractivity contribution < 1.29 is 9.53 Å². The summed E-state index contributed by atoms with van der Waals surface area (Å²) in [4.78, 5) is 12.3. The lowest BCUT2D eigenvalue weighted by atomic mass is 9.87. The zero-order valence-electron chi connectivity index (χ0n) is 13.8. The molecule has 2 aromatic carbocycles. The zero-order valence-corrected chi connectivity index (χ0v) is 13.8. The number of rotatable bonds is 4. The molecule has 3 aromatic rings. The number of aromatic nitrogens is 2. The van der Waals surface area contributed by atoms with Crippen LogP contribution in [0, 0.1) is 5.92 Å². The summed E-state index contributed by atoms with van der Waals surface area (Å²) in [5, 5.41) is 10.3. The molecular weight excluding hydrogens is 300 g/mol. The summed E-state index contributed by atoms with van der Waals surface area (Å²) >= 11 is 0. The number of ether oxygens (including phenoxy) is 1. The fraction of sp³-hybridized carbons (Fsp3) is 0.400. The molecule has 0 bridgehead atoms. The SMILES string of the molecule is O=C(OCCC1CCCCC1)c1ccc2c(ccc3cn[nH]c32)c1. The molecule has 0 spiro atoms. The summed E-state index contributed by atoms with van der Waals surface area (Å²) in [7, 11) is 0. The Bertz CT molecular complexity index is 862. The van der Waals surface area contributed by atoms with Crippen molar-refractivity contribution in [3.05, 3.63) is 42.1 Å². The van der Waals surface area contributed by atoms with Crippen LogP contribution in [-0.4, -0.2) is 22.8 Å². The van der Waals surface area contributed by atoms with E-state index in [4.69, 9.17) is 4.74 Å². The van der Waals surface area contributed by atoms with Crippen LogP contribution in [0.1, 0.15) is 48.9 Å². The van der Waals surface area contributed by atoms with E-state index in [9.17, 15) is 4.79 Å². The average Bonchev–Trinajstić information content (AvgIpc) is 3.11. The highest BCUT2D eigenvalue weighted by Gasteiger charge is 2.15. The van der Waals surface area contributed by atoms with Crippen LogP contribution in [0.4, 0.5) is 0 Å². The van der Waals surface area contributed by atoms with Gasteiger partial charge in [-0.25, -0.2) is 4.79 Å². The van der Waals surface area contributed by atoms with Gasteiger partial charge in [-0.3, -0.25) is 5.10 Å². The number of fused-ring (bicyclic) bond motifs is 3. The molecule has 0 atom stereocenters. The van der Waals surface area contributed by atoms with Crippen LogP contribution in [0.3, 0.4) is 0 Å². The first-order chi connectivity index (χ1) is 11.8. The van der Waals surface area contributed by atoms with Crippen molar-refractivity contribution in [3.8, 4) is 0 Å². The third-order valence-corrected chi connectivity index (χ3v) is 5.15. The molecule has 1 aliphatic carbocycles. The Morgan fingerprint density at radius 2 is 1.96 bits per heavy atom. The van der Waals surface area contributed by atoms with Gasteiger partial charge in [0.2, 0.25) is 0 Å². The normalized spacial score (nSPS) is 15.8. The van der Waals surface area contributed by atoms with Gasteiger partial charge in [-0.05, 0) is 29.9 Å². The summed E-state index contributed by atoms with van der Waals surface area (Å²) < 4.78 is 5.49. The second-order valence-corrected chi connectivity index (χ2v) is 6.76. The van der Waals surface area contributed by atoms with Gasteiger partial charge in [0.15, 0.2) is 0 Å². The molecule has 0 amide bonds. The van der Waals surface area contributed by atoms with Crippen molar-refractivity contribution >= 4 is 27.6 Å². The van der Waals surface area contributed by atoms with Crippen molar-refractivity contribution in [2.24, 2.45) is 5.92 Å². The Morgan fingerprint density at radius 1 is 1.12 bits per heavy atom.